The predicted molar refractivity (Wildman–Crippen MR) is 61.8 cm³/mol. The van der Waals surface area contributed by atoms with Gasteiger partial charge in [-0.2, -0.15) is 0 Å². The molecule has 0 rings (SSSR count). The lowest BCUT2D eigenvalue weighted by Gasteiger charge is -2.10. The summed E-state index contributed by atoms with van der Waals surface area (Å²) in [5.74, 6) is -0.255. The number of nitrogens with two attached hydrogens (primary N) is 1. The number of unbranched alkanes of at least 4 members (excludes halogenated alkanes) is 1. The lowest BCUT2D eigenvalue weighted by molar-refractivity contribution is 0.761. The molecule has 0 aliphatic carbocycles. The van der Waals surface area contributed by atoms with Crippen molar-refractivity contribution in [2.45, 2.75) is 26.2 Å². The van der Waals surface area contributed by atoms with Gasteiger partial charge < -0.3 is 11.1 Å². The molecule has 0 spiro atoms. The molecule has 0 fully saturated rings. The van der Waals surface area contributed by atoms with Gasteiger partial charge in [-0.15, -0.1) is 12.4 Å². The second kappa shape index (κ2) is 8.37. The van der Waals surface area contributed by atoms with Gasteiger partial charge in [0, 0.05) is 5.70 Å². The fraction of sp³-hybridized carbons (Fsp3) is 0.500. The number of allylic oxidation sites excluding steroid dienone is 1. The van der Waals surface area contributed by atoms with Crippen molar-refractivity contribution in [3.05, 3.63) is 12.3 Å². The molecule has 0 amide bonds. The second-order valence-electron chi connectivity index (χ2n) is 2.75. The largest absolute Gasteiger partial charge is 0.370 e. The van der Waals surface area contributed by atoms with Gasteiger partial charge in [0.2, 0.25) is 0 Å². The van der Waals surface area contributed by atoms with Crippen LogP contribution in [0, 0.1) is 10.8 Å². The molecule has 0 unspecified atom stereocenters. The van der Waals surface area contributed by atoms with Crippen LogP contribution in [0.25, 0.3) is 0 Å². The molecule has 6 N–H and O–H groups in total. The lowest BCUT2D eigenvalue weighted by Crippen LogP contribution is -2.42. The Morgan fingerprint density at radius 2 is 1.93 bits per heavy atom. The Morgan fingerprint density at radius 3 is 2.36 bits per heavy atom. The summed E-state index contributed by atoms with van der Waals surface area (Å²) in [6.07, 6.45) is 2.96. The van der Waals surface area contributed by atoms with Gasteiger partial charge in [0.15, 0.2) is 11.9 Å². The zero-order chi connectivity index (χ0) is 10.3. The topological polar surface area (TPSA) is 97.8 Å². The van der Waals surface area contributed by atoms with E-state index in [-0.39, 0.29) is 24.3 Å². The van der Waals surface area contributed by atoms with Gasteiger partial charge in [0.05, 0.1) is 0 Å². The van der Waals surface area contributed by atoms with Crippen molar-refractivity contribution in [2.24, 2.45) is 5.73 Å². The quantitative estimate of drug-likeness (QED) is 0.362. The average molecular weight is 220 g/mol. The van der Waals surface area contributed by atoms with Gasteiger partial charge >= 0.3 is 0 Å². The summed E-state index contributed by atoms with van der Waals surface area (Å²) in [7, 11) is 0. The molecule has 0 saturated heterocycles. The number of hydrogen-bond donors (Lipinski definition) is 5. The van der Waals surface area contributed by atoms with Crippen LogP contribution in [0.1, 0.15) is 26.2 Å². The van der Waals surface area contributed by atoms with Crippen molar-refractivity contribution in [2.75, 3.05) is 0 Å². The molecule has 0 aliphatic rings. The minimum absolute atomic E-state index is 0. The maximum atomic E-state index is 7.28. The highest BCUT2D eigenvalue weighted by Crippen LogP contribution is 2.00. The van der Waals surface area contributed by atoms with Crippen LogP contribution in [0.15, 0.2) is 12.3 Å². The van der Waals surface area contributed by atoms with Crippen LogP contribution in [0.4, 0.5) is 0 Å². The van der Waals surface area contributed by atoms with Crippen LogP contribution in [0.2, 0.25) is 0 Å². The first-order chi connectivity index (χ1) is 6.06. The molecule has 82 valence electrons. The molecule has 0 aromatic carbocycles. The zero-order valence-corrected chi connectivity index (χ0v) is 9.13. The first kappa shape index (κ1) is 15.3. The van der Waals surface area contributed by atoms with Crippen LogP contribution < -0.4 is 16.4 Å². The number of rotatable bonds is 4. The normalized spacial score (nSPS) is 8.36. The van der Waals surface area contributed by atoms with E-state index in [0.717, 1.165) is 25.0 Å². The molecule has 0 radical (unpaired) electrons. The molecule has 5 nitrogen and oxygen atoms in total. The Hall–Kier alpha value is -1.23. The van der Waals surface area contributed by atoms with Gasteiger partial charge in [0.1, 0.15) is 0 Å². The van der Waals surface area contributed by atoms with E-state index in [4.69, 9.17) is 16.6 Å². The van der Waals surface area contributed by atoms with E-state index in [1.165, 1.54) is 0 Å². The maximum absolute atomic E-state index is 7.28. The Labute approximate surface area is 90.6 Å². The summed E-state index contributed by atoms with van der Waals surface area (Å²) in [6.45, 7) is 5.83. The third-order valence-electron chi connectivity index (χ3n) is 1.39. The summed E-state index contributed by atoms with van der Waals surface area (Å²) < 4.78 is 0. The Bertz CT molecular complexity index is 214. The van der Waals surface area contributed by atoms with Gasteiger partial charge in [-0.05, 0) is 12.8 Å². The maximum Gasteiger partial charge on any atom is 0.199 e. The van der Waals surface area contributed by atoms with E-state index in [2.05, 4.69) is 24.1 Å². The van der Waals surface area contributed by atoms with Crippen molar-refractivity contribution in [1.82, 2.24) is 10.6 Å². The van der Waals surface area contributed by atoms with Crippen molar-refractivity contribution >= 4 is 24.3 Å². The molecule has 0 bridgehead atoms. The standard InChI is InChI=1S/C8H17N5.ClH/c1-3-4-5-6(2)12-8(11)13-7(9)10;/h2-5H2,1H3,(H6,9,10,11,12,13);1H. The summed E-state index contributed by atoms with van der Waals surface area (Å²) in [4.78, 5) is 0. The summed E-state index contributed by atoms with van der Waals surface area (Å²) >= 11 is 0. The molecule has 0 aliphatic heterocycles. The van der Waals surface area contributed by atoms with Gasteiger partial charge in [-0.3, -0.25) is 16.1 Å². The predicted octanol–water partition coefficient (Wildman–Crippen LogP) is 1.12. The van der Waals surface area contributed by atoms with Crippen molar-refractivity contribution in [3.8, 4) is 0 Å². The zero-order valence-electron chi connectivity index (χ0n) is 8.31. The highest BCUT2D eigenvalue weighted by atomic mass is 35.5. The lowest BCUT2D eigenvalue weighted by atomic mass is 10.2. The SMILES string of the molecule is C=C(CCCC)NC(=N)NC(=N)N.Cl. The average Bonchev–Trinajstić information content (AvgIpc) is 1.98. The number of halogens is 1. The van der Waals surface area contributed by atoms with Crippen LogP contribution in [0.3, 0.4) is 0 Å². The molecular weight excluding hydrogens is 202 g/mol. The van der Waals surface area contributed by atoms with Crippen molar-refractivity contribution in [3.63, 3.8) is 0 Å². The smallest absolute Gasteiger partial charge is 0.199 e. The minimum atomic E-state index is -0.249. The van der Waals surface area contributed by atoms with E-state index < -0.39 is 0 Å². The Balaban J connectivity index is 0. The summed E-state index contributed by atoms with van der Waals surface area (Å²) in [6, 6.07) is 0. The molecule has 14 heavy (non-hydrogen) atoms. The molecule has 6 heteroatoms. The van der Waals surface area contributed by atoms with E-state index in [0.29, 0.717) is 0 Å². The van der Waals surface area contributed by atoms with E-state index in [1.807, 2.05) is 0 Å². The number of hydrogen-bond acceptors (Lipinski definition) is 2. The summed E-state index contributed by atoms with van der Waals surface area (Å²) in [5.41, 5.74) is 5.80. The molecule has 0 atom stereocenters. The van der Waals surface area contributed by atoms with Crippen LogP contribution in [-0.2, 0) is 0 Å². The molecule has 0 aromatic heterocycles. The summed E-state index contributed by atoms with van der Waals surface area (Å²) in [5, 5.41) is 19.2. The third kappa shape index (κ3) is 8.86. The van der Waals surface area contributed by atoms with E-state index in [1.54, 1.807) is 0 Å². The minimum Gasteiger partial charge on any atom is -0.370 e. The monoisotopic (exact) mass is 219 g/mol. The van der Waals surface area contributed by atoms with Crippen LogP contribution in [-0.4, -0.2) is 11.9 Å². The van der Waals surface area contributed by atoms with E-state index in [9.17, 15) is 0 Å². The third-order valence-corrected chi connectivity index (χ3v) is 1.39. The number of guanidine groups is 2. The van der Waals surface area contributed by atoms with Crippen molar-refractivity contribution in [1.29, 1.82) is 10.8 Å². The molecule has 0 saturated carbocycles. The van der Waals surface area contributed by atoms with Gasteiger partial charge in [-0.25, -0.2) is 0 Å². The molecule has 0 aromatic rings. The number of nitrogens with one attached hydrogen (secondary N) is 4. The van der Waals surface area contributed by atoms with Crippen LogP contribution in [0.5, 0.6) is 0 Å². The highest BCUT2D eigenvalue weighted by molar-refractivity contribution is 5.95. The van der Waals surface area contributed by atoms with Gasteiger partial charge in [0.25, 0.3) is 0 Å². The Kier molecular flexibility index (Phi) is 9.12. The van der Waals surface area contributed by atoms with Crippen molar-refractivity contribution < 1.29 is 0 Å². The Morgan fingerprint density at radius 1 is 1.36 bits per heavy atom. The molecular formula is C8H18ClN5. The van der Waals surface area contributed by atoms with Gasteiger partial charge in [-0.1, -0.05) is 19.9 Å². The van der Waals surface area contributed by atoms with E-state index >= 15 is 0 Å². The first-order valence-corrected chi connectivity index (χ1v) is 4.20. The first-order valence-electron chi connectivity index (χ1n) is 4.20. The van der Waals surface area contributed by atoms with Crippen LogP contribution >= 0.6 is 12.4 Å². The fourth-order valence-corrected chi connectivity index (χ4v) is 0.795. The highest BCUT2D eigenvalue weighted by Gasteiger charge is 1.98. The fourth-order valence-electron chi connectivity index (χ4n) is 0.795. The molecule has 0 heterocycles. The second-order valence-corrected chi connectivity index (χ2v) is 2.75.